The molecule has 186 valence electrons. The molecule has 0 atom stereocenters. The number of aromatic nitrogens is 1. The Labute approximate surface area is 208 Å². The monoisotopic (exact) mass is 516 g/mol. The Morgan fingerprint density at radius 2 is 1.83 bits per heavy atom. The summed E-state index contributed by atoms with van der Waals surface area (Å²) in [6.45, 7) is 1.81. The summed E-state index contributed by atoms with van der Waals surface area (Å²) in [7, 11) is -2.59. The lowest BCUT2D eigenvalue weighted by molar-refractivity contribution is 0.244. The van der Waals surface area contributed by atoms with E-state index in [0.717, 1.165) is 30.6 Å². The van der Waals surface area contributed by atoms with Crippen LogP contribution in [0.2, 0.25) is 0 Å². The minimum absolute atomic E-state index is 0.0324. The van der Waals surface area contributed by atoms with E-state index >= 15 is 0 Å². The van der Waals surface area contributed by atoms with Crippen LogP contribution in [0.25, 0.3) is 10.4 Å². The van der Waals surface area contributed by atoms with Crippen LogP contribution in [0.4, 0.5) is 15.6 Å². The molecule has 4 N–H and O–H groups in total. The molecule has 2 aromatic carbocycles. The van der Waals surface area contributed by atoms with Gasteiger partial charge in [-0.25, -0.2) is 18.2 Å². The predicted molar refractivity (Wildman–Crippen MR) is 137 cm³/mol. The van der Waals surface area contributed by atoms with Crippen LogP contribution in [-0.2, 0) is 10.0 Å². The highest BCUT2D eigenvalue weighted by atomic mass is 32.2. The number of phenols is 1. The normalized spacial score (nSPS) is 14.3. The highest BCUT2D eigenvalue weighted by Crippen LogP contribution is 2.37. The molecule has 1 aliphatic rings. The second kappa shape index (κ2) is 10.5. The van der Waals surface area contributed by atoms with E-state index in [1.165, 1.54) is 55.2 Å². The van der Waals surface area contributed by atoms with Gasteiger partial charge in [-0.15, -0.1) is 0 Å². The SMILES string of the molecule is COc1ccc(-c2sc(NC(=O)NC3CCCCC3)nc2C)cc1S(=O)(=O)Nc1ccc(O)cc1. The number of nitrogens with one attached hydrogen (secondary N) is 3. The Bertz CT molecular complexity index is 1300. The molecule has 1 aliphatic carbocycles. The largest absolute Gasteiger partial charge is 0.508 e. The van der Waals surface area contributed by atoms with Gasteiger partial charge in [-0.05, 0) is 67.8 Å². The molecule has 1 saturated carbocycles. The molecule has 0 radical (unpaired) electrons. The first-order valence-corrected chi connectivity index (χ1v) is 13.6. The van der Waals surface area contributed by atoms with E-state index in [9.17, 15) is 18.3 Å². The first kappa shape index (κ1) is 24.8. The van der Waals surface area contributed by atoms with E-state index in [4.69, 9.17) is 4.74 Å². The number of benzene rings is 2. The zero-order valence-electron chi connectivity index (χ0n) is 19.5. The number of sulfonamides is 1. The van der Waals surface area contributed by atoms with Crippen molar-refractivity contribution in [3.05, 3.63) is 48.2 Å². The summed E-state index contributed by atoms with van der Waals surface area (Å²) in [6.07, 6.45) is 5.41. The Hall–Kier alpha value is -3.31. The van der Waals surface area contributed by atoms with Gasteiger partial charge in [-0.2, -0.15) is 0 Å². The van der Waals surface area contributed by atoms with Crippen LogP contribution in [-0.4, -0.2) is 37.7 Å². The third-order valence-electron chi connectivity index (χ3n) is 5.79. The molecule has 0 saturated heterocycles. The van der Waals surface area contributed by atoms with Crippen LogP contribution in [0.15, 0.2) is 47.4 Å². The van der Waals surface area contributed by atoms with E-state index < -0.39 is 10.0 Å². The van der Waals surface area contributed by atoms with Gasteiger partial charge in [-0.1, -0.05) is 30.6 Å². The average Bonchev–Trinajstić information content (AvgIpc) is 3.20. The maximum atomic E-state index is 13.1. The molecule has 0 bridgehead atoms. The predicted octanol–water partition coefficient (Wildman–Crippen LogP) is 5.09. The number of urea groups is 1. The van der Waals surface area contributed by atoms with Crippen LogP contribution >= 0.6 is 11.3 Å². The van der Waals surface area contributed by atoms with Crippen molar-refractivity contribution in [3.63, 3.8) is 0 Å². The standard InChI is InChI=1S/C24H28N4O5S2/c1-15-22(34-24(25-15)27-23(30)26-17-6-4-3-5-7-17)16-8-13-20(33-2)21(14-16)35(31,32)28-18-9-11-19(29)12-10-18/h8-14,17,28-29H,3-7H2,1-2H3,(H2,25,26,27,30). The van der Waals surface area contributed by atoms with Gasteiger partial charge in [0.25, 0.3) is 10.0 Å². The molecule has 1 heterocycles. The Kier molecular flexibility index (Phi) is 7.46. The van der Waals surface area contributed by atoms with Gasteiger partial charge in [0, 0.05) is 11.7 Å². The summed E-state index contributed by atoms with van der Waals surface area (Å²) in [5.41, 5.74) is 1.61. The molecule has 1 fully saturated rings. The quantitative estimate of drug-likeness (QED) is 0.324. The number of rotatable bonds is 7. The molecule has 0 unspecified atom stereocenters. The van der Waals surface area contributed by atoms with Crippen molar-refractivity contribution in [3.8, 4) is 21.9 Å². The number of hydrogen-bond acceptors (Lipinski definition) is 7. The van der Waals surface area contributed by atoms with E-state index in [0.29, 0.717) is 22.1 Å². The van der Waals surface area contributed by atoms with Gasteiger partial charge in [0.05, 0.1) is 17.7 Å². The van der Waals surface area contributed by atoms with Gasteiger partial charge in [-0.3, -0.25) is 10.0 Å². The van der Waals surface area contributed by atoms with Crippen molar-refractivity contribution in [1.82, 2.24) is 10.3 Å². The highest BCUT2D eigenvalue weighted by molar-refractivity contribution is 7.92. The fourth-order valence-electron chi connectivity index (χ4n) is 4.05. The lowest BCUT2D eigenvalue weighted by atomic mass is 9.96. The summed E-state index contributed by atoms with van der Waals surface area (Å²) in [5, 5.41) is 15.7. The molecule has 4 rings (SSSR count). The summed E-state index contributed by atoms with van der Waals surface area (Å²) in [6, 6.07) is 10.5. The maximum absolute atomic E-state index is 13.1. The molecule has 9 nitrogen and oxygen atoms in total. The molecule has 0 aliphatic heterocycles. The summed E-state index contributed by atoms with van der Waals surface area (Å²) in [4.78, 5) is 17.6. The second-order valence-electron chi connectivity index (χ2n) is 8.38. The molecule has 11 heteroatoms. The average molecular weight is 517 g/mol. The smallest absolute Gasteiger partial charge is 0.321 e. The number of amides is 2. The van der Waals surface area contributed by atoms with Crippen molar-refractivity contribution < 1.29 is 23.1 Å². The lowest BCUT2D eigenvalue weighted by Gasteiger charge is -2.22. The minimum Gasteiger partial charge on any atom is -0.508 e. The number of aromatic hydroxyl groups is 1. The number of aryl methyl sites for hydroxylation is 1. The summed E-state index contributed by atoms with van der Waals surface area (Å²) in [5.74, 6) is 0.220. The van der Waals surface area contributed by atoms with Gasteiger partial charge in [0.2, 0.25) is 0 Å². The zero-order chi connectivity index (χ0) is 25.0. The summed E-state index contributed by atoms with van der Waals surface area (Å²) >= 11 is 1.27. The van der Waals surface area contributed by atoms with Crippen LogP contribution in [0.5, 0.6) is 11.5 Å². The lowest BCUT2D eigenvalue weighted by Crippen LogP contribution is -2.38. The number of anilines is 2. The fraction of sp³-hybridized carbons (Fsp3) is 0.333. The van der Waals surface area contributed by atoms with Crippen molar-refractivity contribution in [2.75, 3.05) is 17.1 Å². The number of phenolic OH excluding ortho intramolecular Hbond substituents is 1. The Morgan fingerprint density at radius 1 is 1.11 bits per heavy atom. The number of thiazole rings is 1. The summed E-state index contributed by atoms with van der Waals surface area (Å²) < 4.78 is 34.1. The van der Waals surface area contributed by atoms with Crippen molar-refractivity contribution in [2.24, 2.45) is 0 Å². The van der Waals surface area contributed by atoms with E-state index in [-0.39, 0.29) is 28.5 Å². The second-order valence-corrected chi connectivity index (χ2v) is 11.0. The fourth-order valence-corrected chi connectivity index (χ4v) is 6.26. The first-order valence-electron chi connectivity index (χ1n) is 11.3. The third-order valence-corrected chi connectivity index (χ3v) is 8.32. The Balaban J connectivity index is 1.56. The van der Waals surface area contributed by atoms with E-state index in [1.54, 1.807) is 12.1 Å². The maximum Gasteiger partial charge on any atom is 0.321 e. The number of hydrogen-bond donors (Lipinski definition) is 4. The molecular formula is C24H28N4O5S2. The molecular weight excluding hydrogens is 488 g/mol. The third kappa shape index (κ3) is 6.04. The Morgan fingerprint density at radius 3 is 2.51 bits per heavy atom. The van der Waals surface area contributed by atoms with Gasteiger partial charge >= 0.3 is 6.03 Å². The number of carbonyl (C=O) groups excluding carboxylic acids is 1. The molecule has 0 spiro atoms. The van der Waals surface area contributed by atoms with Crippen LogP contribution in [0, 0.1) is 6.92 Å². The molecule has 3 aromatic rings. The van der Waals surface area contributed by atoms with Gasteiger partial charge in [0.1, 0.15) is 16.4 Å². The molecule has 35 heavy (non-hydrogen) atoms. The van der Waals surface area contributed by atoms with Crippen molar-refractivity contribution >= 4 is 38.2 Å². The highest BCUT2D eigenvalue weighted by Gasteiger charge is 2.23. The topological polar surface area (TPSA) is 130 Å². The van der Waals surface area contributed by atoms with Crippen LogP contribution in [0.1, 0.15) is 37.8 Å². The number of carbonyl (C=O) groups is 1. The van der Waals surface area contributed by atoms with Gasteiger partial charge in [0.15, 0.2) is 5.13 Å². The van der Waals surface area contributed by atoms with Crippen molar-refractivity contribution in [1.29, 1.82) is 0 Å². The zero-order valence-corrected chi connectivity index (χ0v) is 21.1. The van der Waals surface area contributed by atoms with E-state index in [2.05, 4.69) is 20.3 Å². The molecule has 2 amide bonds. The minimum atomic E-state index is -3.99. The first-order chi connectivity index (χ1) is 16.7. The number of nitrogens with zero attached hydrogens (tertiary/aromatic N) is 1. The number of methoxy groups -OCH3 is 1. The van der Waals surface area contributed by atoms with Crippen LogP contribution < -0.4 is 20.1 Å². The van der Waals surface area contributed by atoms with Crippen molar-refractivity contribution in [2.45, 2.75) is 50.0 Å². The number of ether oxygens (including phenoxy) is 1. The van der Waals surface area contributed by atoms with Gasteiger partial charge < -0.3 is 15.2 Å². The molecule has 1 aromatic heterocycles. The van der Waals surface area contributed by atoms with E-state index in [1.807, 2.05) is 6.92 Å². The van der Waals surface area contributed by atoms with Crippen LogP contribution in [0.3, 0.4) is 0 Å².